The lowest BCUT2D eigenvalue weighted by Crippen LogP contribution is -2.25. The molecule has 4 aromatic heterocycles. The molecule has 6 rings (SSSR count). The van der Waals surface area contributed by atoms with Gasteiger partial charge in [0.2, 0.25) is 20.0 Å². The number of anilines is 4. The number of nitrogens with one attached hydrogen (secondary N) is 2. The molecule has 0 spiro atoms. The van der Waals surface area contributed by atoms with Gasteiger partial charge in [0.15, 0.2) is 0 Å². The number of aryl methyl sites for hydroxylation is 4. The zero-order valence-electron chi connectivity index (χ0n) is 31.4. The van der Waals surface area contributed by atoms with Crippen LogP contribution in [0.1, 0.15) is 36.1 Å². The maximum Gasteiger partial charge on any atom is 0.211 e. The number of aromatic nitrogens is 6. The average Bonchev–Trinajstić information content (AvgIpc) is 3.68. The number of hydrogen-bond acceptors (Lipinski definition) is 10. The van der Waals surface area contributed by atoms with Crippen molar-refractivity contribution < 1.29 is 25.6 Å². The Labute approximate surface area is 314 Å². The first-order valence-corrected chi connectivity index (χ1v) is 20.7. The van der Waals surface area contributed by atoms with Crippen molar-refractivity contribution in [2.45, 2.75) is 39.8 Å². The molecule has 288 valence electrons. The predicted molar refractivity (Wildman–Crippen MR) is 208 cm³/mol. The zero-order chi connectivity index (χ0) is 39.5. The van der Waals surface area contributed by atoms with Crippen LogP contribution in [0.4, 0.5) is 31.8 Å². The summed E-state index contributed by atoms with van der Waals surface area (Å²) < 4.78 is 82.2. The highest BCUT2D eigenvalue weighted by Gasteiger charge is 2.19. The van der Waals surface area contributed by atoms with Crippen molar-refractivity contribution in [3.8, 4) is 0 Å². The highest BCUT2D eigenvalue weighted by molar-refractivity contribution is 7.88. The second-order valence-corrected chi connectivity index (χ2v) is 16.9. The van der Waals surface area contributed by atoms with E-state index in [1.54, 1.807) is 37.2 Å². The summed E-state index contributed by atoms with van der Waals surface area (Å²) in [4.78, 5) is 19.1. The predicted octanol–water partition coefficient (Wildman–Crippen LogP) is 5.29. The summed E-state index contributed by atoms with van der Waals surface area (Å²) in [6.07, 6.45) is 10.3. The molecule has 4 heterocycles. The van der Waals surface area contributed by atoms with Crippen molar-refractivity contribution >= 4 is 65.1 Å². The summed E-state index contributed by atoms with van der Waals surface area (Å²) in [7, 11) is 0.292. The number of nitrogens with zero attached hydrogens (tertiary/aromatic N) is 8. The Balaban J connectivity index is 0.000000208. The number of fused-ring (bicyclic) bond motifs is 2. The maximum absolute atomic E-state index is 14.8. The van der Waals surface area contributed by atoms with Gasteiger partial charge in [0.05, 0.1) is 48.6 Å². The number of sulfonamides is 2. The smallest absolute Gasteiger partial charge is 0.211 e. The average molecular weight is 783 g/mol. The van der Waals surface area contributed by atoms with Gasteiger partial charge in [0.1, 0.15) is 34.3 Å². The van der Waals surface area contributed by atoms with Gasteiger partial charge in [0.25, 0.3) is 0 Å². The third-order valence-corrected chi connectivity index (χ3v) is 10.9. The molecule has 18 heteroatoms. The van der Waals surface area contributed by atoms with Crippen molar-refractivity contribution in [3.63, 3.8) is 0 Å². The van der Waals surface area contributed by atoms with Crippen LogP contribution in [-0.2, 0) is 60.1 Å². The zero-order valence-corrected chi connectivity index (χ0v) is 33.0. The molecule has 2 N–H and O–H groups in total. The summed E-state index contributed by atoms with van der Waals surface area (Å²) in [6, 6.07) is 9.96. The number of pyridine rings is 2. The van der Waals surface area contributed by atoms with Crippen LogP contribution >= 0.6 is 0 Å². The van der Waals surface area contributed by atoms with Crippen LogP contribution in [0, 0.1) is 11.6 Å². The quantitative estimate of drug-likeness (QED) is 0.167. The van der Waals surface area contributed by atoms with E-state index in [0.717, 1.165) is 50.0 Å². The number of rotatable bonds is 12. The molecule has 0 aliphatic carbocycles. The van der Waals surface area contributed by atoms with E-state index in [4.69, 9.17) is 0 Å². The molecule has 6 aromatic rings. The van der Waals surface area contributed by atoms with Gasteiger partial charge in [-0.05, 0) is 48.2 Å². The molecule has 2 aromatic carbocycles. The van der Waals surface area contributed by atoms with Gasteiger partial charge in [-0.1, -0.05) is 13.8 Å². The summed E-state index contributed by atoms with van der Waals surface area (Å²) in [5.41, 5.74) is 7.13. The molecular formula is C36H44F2N10O4S2. The van der Waals surface area contributed by atoms with Crippen molar-refractivity contribution in [3.05, 3.63) is 95.3 Å². The van der Waals surface area contributed by atoms with Crippen LogP contribution in [0.5, 0.6) is 0 Å². The van der Waals surface area contributed by atoms with Crippen molar-refractivity contribution in [2.24, 2.45) is 14.1 Å². The fraction of sp³-hybridized carbons (Fsp3) is 0.333. The fourth-order valence-corrected chi connectivity index (χ4v) is 6.51. The molecule has 0 saturated heterocycles. The minimum Gasteiger partial charge on any atom is -0.340 e. The molecule has 0 unspecified atom stereocenters. The van der Waals surface area contributed by atoms with E-state index < -0.39 is 31.7 Å². The third kappa shape index (κ3) is 9.36. The normalized spacial score (nSPS) is 12.0. The van der Waals surface area contributed by atoms with Crippen LogP contribution in [0.15, 0.2) is 61.4 Å². The molecule has 54 heavy (non-hydrogen) atoms. The van der Waals surface area contributed by atoms with Crippen LogP contribution in [0.25, 0.3) is 22.1 Å². The topological polar surface area (TPSA) is 160 Å². The highest BCUT2D eigenvalue weighted by Crippen LogP contribution is 2.31. The van der Waals surface area contributed by atoms with E-state index in [-0.39, 0.29) is 13.1 Å². The Kier molecular flexibility index (Phi) is 12.0. The SMILES string of the molecule is CCc1cc(CN(C)S(C)(=O)=O)c(F)cc1N(C)c1cc2c(cn1)ncn2C.CCc1cc(CNS(C)(=O)=O)c(F)cc1Nc1cc2c(cn1)ncn2C. The number of hydrogen-bond donors (Lipinski definition) is 2. The molecule has 0 fully saturated rings. The molecule has 0 aliphatic heterocycles. The number of halogens is 2. The summed E-state index contributed by atoms with van der Waals surface area (Å²) in [5.74, 6) is 0.321. The lowest BCUT2D eigenvalue weighted by atomic mass is 10.0. The maximum atomic E-state index is 14.8. The van der Waals surface area contributed by atoms with E-state index in [1.807, 2.05) is 61.2 Å². The van der Waals surface area contributed by atoms with Crippen molar-refractivity contribution in [2.75, 3.05) is 36.8 Å². The Hall–Kier alpha value is -5.04. The standard InChI is InChI=1S/C19H24FN5O2S.C17H20FN5O2S/c1-6-13-7-14(11-24(3)28(5,26)27)15(20)8-17(13)25(4)19-9-18-16(10-21-19)22-12-23(18)2;1-4-11-5-12(8-21-26(3,24)25)13(18)6-14(11)22-17-7-16-15(9-19-17)20-10-23(16)2/h7-10,12H,6,11H2,1-5H3;5-7,9-10,21H,4,8H2,1-3H3,(H,19,22). The molecule has 14 nitrogen and oxygen atoms in total. The fourth-order valence-electron chi connectivity index (χ4n) is 5.72. The van der Waals surface area contributed by atoms with Crippen LogP contribution < -0.4 is 14.9 Å². The third-order valence-electron chi connectivity index (χ3n) is 8.94. The van der Waals surface area contributed by atoms with Gasteiger partial charge in [-0.3, -0.25) is 0 Å². The number of imidazole rings is 2. The van der Waals surface area contributed by atoms with Crippen LogP contribution in [-0.4, -0.2) is 76.8 Å². The van der Waals surface area contributed by atoms with Crippen molar-refractivity contribution in [1.29, 1.82) is 0 Å². The molecule has 0 aliphatic rings. The van der Waals surface area contributed by atoms with Crippen molar-refractivity contribution in [1.82, 2.24) is 38.1 Å². The Bertz CT molecular complexity index is 2540. The highest BCUT2D eigenvalue weighted by atomic mass is 32.2. The van der Waals surface area contributed by atoms with Gasteiger partial charge in [-0.2, -0.15) is 0 Å². The summed E-state index contributed by atoms with van der Waals surface area (Å²) >= 11 is 0. The number of benzene rings is 2. The van der Waals surface area contributed by atoms with Crippen LogP contribution in [0.2, 0.25) is 0 Å². The molecule has 0 saturated carbocycles. The van der Waals surface area contributed by atoms with E-state index >= 15 is 0 Å². The van der Waals surface area contributed by atoms with Gasteiger partial charge in [-0.25, -0.2) is 54.6 Å². The van der Waals surface area contributed by atoms with Crippen LogP contribution in [0.3, 0.4) is 0 Å². The first kappa shape index (κ1) is 40.2. The summed E-state index contributed by atoms with van der Waals surface area (Å²) in [5, 5.41) is 3.14. The summed E-state index contributed by atoms with van der Waals surface area (Å²) in [6.45, 7) is 3.83. The van der Waals surface area contributed by atoms with E-state index in [2.05, 4.69) is 30.0 Å². The van der Waals surface area contributed by atoms with E-state index in [1.165, 1.54) is 19.2 Å². The van der Waals surface area contributed by atoms with E-state index in [9.17, 15) is 25.6 Å². The lowest BCUT2D eigenvalue weighted by molar-refractivity contribution is 0.461. The Morgan fingerprint density at radius 1 is 0.722 bits per heavy atom. The van der Waals surface area contributed by atoms with Gasteiger partial charge >= 0.3 is 0 Å². The minimum absolute atomic E-state index is 0.0130. The molecule has 0 radical (unpaired) electrons. The molecule has 0 bridgehead atoms. The molecule has 0 amide bonds. The first-order valence-electron chi connectivity index (χ1n) is 16.9. The Morgan fingerprint density at radius 3 is 1.89 bits per heavy atom. The largest absolute Gasteiger partial charge is 0.340 e. The monoisotopic (exact) mass is 782 g/mol. The minimum atomic E-state index is -3.39. The molecule has 0 atom stereocenters. The first-order chi connectivity index (χ1) is 25.4. The second-order valence-electron chi connectivity index (χ2n) is 13.0. The van der Waals surface area contributed by atoms with E-state index in [0.29, 0.717) is 47.0 Å². The van der Waals surface area contributed by atoms with Gasteiger partial charge < -0.3 is 19.4 Å². The molecular weight excluding hydrogens is 739 g/mol. The van der Waals surface area contributed by atoms with Gasteiger partial charge in [0, 0.05) is 75.9 Å². The van der Waals surface area contributed by atoms with Gasteiger partial charge in [-0.15, -0.1) is 0 Å². The lowest BCUT2D eigenvalue weighted by Gasteiger charge is -2.23. The Morgan fingerprint density at radius 2 is 1.30 bits per heavy atom. The second kappa shape index (κ2) is 16.1.